The second-order valence-electron chi connectivity index (χ2n) is 4.47. The van der Waals surface area contributed by atoms with Crippen LogP contribution in [-0.4, -0.2) is 16.6 Å². The summed E-state index contributed by atoms with van der Waals surface area (Å²) in [7, 11) is 0. The number of phenolic OH excluding ortho intramolecular Hbond substituents is 1. The Bertz CT molecular complexity index is 807. The van der Waals surface area contributed by atoms with Crippen molar-refractivity contribution >= 4 is 22.9 Å². The maximum atomic E-state index is 11.8. The lowest BCUT2D eigenvalue weighted by atomic mass is 9.93. The van der Waals surface area contributed by atoms with Crippen LogP contribution >= 0.6 is 0 Å². The maximum absolute atomic E-state index is 11.8. The average Bonchev–Trinajstić information content (AvgIpc) is 2.51. The summed E-state index contributed by atoms with van der Waals surface area (Å²) in [5, 5.41) is 12.9. The lowest BCUT2D eigenvalue weighted by Gasteiger charge is -2.13. The van der Waals surface area contributed by atoms with Gasteiger partial charge in [0.15, 0.2) is 5.78 Å². The van der Waals surface area contributed by atoms with Crippen molar-refractivity contribution in [2.75, 3.05) is 0 Å². The summed E-state index contributed by atoms with van der Waals surface area (Å²) in [5.41, 5.74) is 1.75. The average molecular weight is 278 g/mol. The first-order chi connectivity index (χ1) is 10.2. The van der Waals surface area contributed by atoms with Gasteiger partial charge in [-0.1, -0.05) is 24.3 Å². The Morgan fingerprint density at radius 3 is 2.43 bits per heavy atom. The predicted molar refractivity (Wildman–Crippen MR) is 79.7 cm³/mol. The highest BCUT2D eigenvalue weighted by atomic mass is 16.3. The van der Waals surface area contributed by atoms with Crippen molar-refractivity contribution in [1.29, 1.82) is 0 Å². The van der Waals surface area contributed by atoms with E-state index in [1.165, 1.54) is 18.2 Å². The summed E-state index contributed by atoms with van der Waals surface area (Å²) in [6.07, 6.45) is 2.91. The van der Waals surface area contributed by atoms with Gasteiger partial charge >= 0.3 is 0 Å². The van der Waals surface area contributed by atoms with Gasteiger partial charge in [0, 0.05) is 5.56 Å². The Morgan fingerprint density at radius 2 is 1.67 bits per heavy atom. The van der Waals surface area contributed by atoms with E-state index in [4.69, 9.17) is 0 Å². The Labute approximate surface area is 120 Å². The first kappa shape index (κ1) is 12.9. The lowest BCUT2D eigenvalue weighted by Crippen LogP contribution is -2.12. The van der Waals surface area contributed by atoms with Crippen molar-refractivity contribution in [3.05, 3.63) is 70.7 Å². The molecule has 0 aromatic heterocycles. The van der Waals surface area contributed by atoms with Crippen LogP contribution in [0.1, 0.15) is 15.9 Å². The van der Waals surface area contributed by atoms with Gasteiger partial charge in [-0.3, -0.25) is 4.79 Å². The Kier molecular flexibility index (Phi) is 3.16. The number of hydrogen-bond acceptors (Lipinski definition) is 5. The topological polar surface area (TPSA) is 79.1 Å². The van der Waals surface area contributed by atoms with Crippen LogP contribution in [-0.2, 0) is 0 Å². The van der Waals surface area contributed by atoms with Gasteiger partial charge in [-0.05, 0) is 35.5 Å². The fourth-order valence-electron chi connectivity index (χ4n) is 2.20. The van der Waals surface area contributed by atoms with Gasteiger partial charge < -0.3 is 5.11 Å². The normalized spacial score (nSPS) is 15.0. The third kappa shape index (κ3) is 2.25. The van der Waals surface area contributed by atoms with E-state index >= 15 is 0 Å². The molecule has 3 rings (SSSR count). The highest BCUT2D eigenvalue weighted by Crippen LogP contribution is 2.31. The number of nitrogens with zero attached hydrogens (tertiary/aromatic N) is 2. The van der Waals surface area contributed by atoms with E-state index in [0.717, 1.165) is 0 Å². The van der Waals surface area contributed by atoms with Crippen molar-refractivity contribution in [1.82, 2.24) is 0 Å². The molecule has 2 aromatic rings. The highest BCUT2D eigenvalue weighted by Gasteiger charge is 2.21. The molecule has 0 fully saturated rings. The van der Waals surface area contributed by atoms with E-state index in [2.05, 4.69) is 10.2 Å². The number of ketones is 1. The van der Waals surface area contributed by atoms with Crippen LogP contribution < -0.4 is 0 Å². The van der Waals surface area contributed by atoms with Crippen LogP contribution in [0.15, 0.2) is 64.8 Å². The van der Waals surface area contributed by atoms with Crippen LogP contribution in [0, 0.1) is 4.91 Å². The van der Waals surface area contributed by atoms with Crippen molar-refractivity contribution in [3.8, 4) is 5.75 Å². The monoisotopic (exact) mass is 278 g/mol. The molecule has 0 heterocycles. The van der Waals surface area contributed by atoms with Gasteiger partial charge in [-0.2, -0.15) is 0 Å². The number of carbonyl (C=O) groups excluding carboxylic acids is 1. The van der Waals surface area contributed by atoms with Gasteiger partial charge in [-0.25, -0.2) is 4.99 Å². The summed E-state index contributed by atoms with van der Waals surface area (Å²) < 4.78 is 0. The number of rotatable bonds is 2. The van der Waals surface area contributed by atoms with E-state index in [9.17, 15) is 14.8 Å². The molecule has 0 saturated carbocycles. The highest BCUT2D eigenvalue weighted by molar-refractivity contribution is 6.25. The molecule has 0 saturated heterocycles. The van der Waals surface area contributed by atoms with Crippen molar-refractivity contribution in [3.63, 3.8) is 0 Å². The van der Waals surface area contributed by atoms with Gasteiger partial charge in [0.25, 0.3) is 0 Å². The lowest BCUT2D eigenvalue weighted by molar-refractivity contribution is 0.104. The van der Waals surface area contributed by atoms with Crippen LogP contribution in [0.4, 0.5) is 11.4 Å². The van der Waals surface area contributed by atoms with Gasteiger partial charge in [0.1, 0.15) is 11.4 Å². The van der Waals surface area contributed by atoms with Gasteiger partial charge in [-0.15, -0.1) is 4.91 Å². The maximum Gasteiger partial charge on any atom is 0.186 e. The van der Waals surface area contributed by atoms with Gasteiger partial charge in [0.05, 0.1) is 17.0 Å². The SMILES string of the molecule is O=Nc1ccccc1N=C1C=CC(=O)c2cccc(O)c21. The van der Waals surface area contributed by atoms with Crippen molar-refractivity contribution in [2.24, 2.45) is 10.2 Å². The number of carbonyl (C=O) groups is 1. The molecule has 1 aliphatic rings. The third-order valence-electron chi connectivity index (χ3n) is 3.18. The van der Waals surface area contributed by atoms with E-state index in [0.29, 0.717) is 22.5 Å². The second kappa shape index (κ2) is 5.13. The van der Waals surface area contributed by atoms with Crippen LogP contribution in [0.5, 0.6) is 5.75 Å². The van der Waals surface area contributed by atoms with E-state index in [1.54, 1.807) is 36.4 Å². The summed E-state index contributed by atoms with van der Waals surface area (Å²) in [5.74, 6) is -0.220. The van der Waals surface area contributed by atoms with Crippen LogP contribution in [0.2, 0.25) is 0 Å². The number of nitroso groups, excluding NO2 is 1. The standard InChI is InChI=1S/C16H10N2O3/c19-14-9-8-13(16-10(14)4-3-7-15(16)20)17-11-5-1-2-6-12(11)18-21/h1-9,20H. The smallest absolute Gasteiger partial charge is 0.186 e. The van der Waals surface area contributed by atoms with E-state index < -0.39 is 0 Å². The summed E-state index contributed by atoms with van der Waals surface area (Å²) in [6.45, 7) is 0. The Balaban J connectivity index is 2.21. The molecular weight excluding hydrogens is 268 g/mol. The van der Waals surface area contributed by atoms with E-state index in [1.807, 2.05) is 0 Å². The number of allylic oxidation sites excluding steroid dienone is 2. The van der Waals surface area contributed by atoms with Crippen molar-refractivity contribution in [2.45, 2.75) is 0 Å². The molecule has 5 heteroatoms. The largest absolute Gasteiger partial charge is 0.507 e. The summed E-state index contributed by atoms with van der Waals surface area (Å²) in [6, 6.07) is 11.3. The molecular formula is C16H10N2O3. The molecule has 0 atom stereocenters. The number of fused-ring (bicyclic) bond motifs is 1. The molecule has 21 heavy (non-hydrogen) atoms. The van der Waals surface area contributed by atoms with Crippen molar-refractivity contribution < 1.29 is 9.90 Å². The van der Waals surface area contributed by atoms with E-state index in [-0.39, 0.29) is 17.2 Å². The molecule has 0 unspecified atom stereocenters. The first-order valence-corrected chi connectivity index (χ1v) is 6.26. The fourth-order valence-corrected chi connectivity index (χ4v) is 2.20. The minimum atomic E-state index is -0.193. The molecule has 2 aromatic carbocycles. The molecule has 5 nitrogen and oxygen atoms in total. The first-order valence-electron chi connectivity index (χ1n) is 6.26. The number of hydrogen-bond donors (Lipinski definition) is 1. The van der Waals surface area contributed by atoms with Gasteiger partial charge in [0.2, 0.25) is 0 Å². The molecule has 0 amide bonds. The zero-order valence-electron chi connectivity index (χ0n) is 10.9. The molecule has 0 radical (unpaired) electrons. The number of para-hydroxylation sites is 1. The molecule has 1 aliphatic carbocycles. The minimum absolute atomic E-state index is 0.0273. The molecule has 0 bridgehead atoms. The molecule has 0 aliphatic heterocycles. The van der Waals surface area contributed by atoms with Crippen LogP contribution in [0.3, 0.4) is 0 Å². The predicted octanol–water partition coefficient (Wildman–Crippen LogP) is 3.66. The molecule has 102 valence electrons. The molecule has 1 N–H and O–H groups in total. The quantitative estimate of drug-likeness (QED) is 0.851. The number of phenols is 1. The fraction of sp³-hybridized carbons (Fsp3) is 0. The number of benzene rings is 2. The Hall–Kier alpha value is -3.08. The second-order valence-corrected chi connectivity index (χ2v) is 4.47. The summed E-state index contributed by atoms with van der Waals surface area (Å²) >= 11 is 0. The number of aromatic hydroxyl groups is 1. The number of aliphatic imine (C=N–C) groups is 1. The Morgan fingerprint density at radius 1 is 0.905 bits per heavy atom. The zero-order valence-corrected chi connectivity index (χ0v) is 10.9. The van der Waals surface area contributed by atoms with Crippen LogP contribution in [0.25, 0.3) is 0 Å². The summed E-state index contributed by atoms with van der Waals surface area (Å²) in [4.78, 5) is 27.0. The minimum Gasteiger partial charge on any atom is -0.507 e. The zero-order chi connectivity index (χ0) is 14.8. The third-order valence-corrected chi connectivity index (χ3v) is 3.18. The molecule has 0 spiro atoms.